The average molecular weight is 184 g/mol. The summed E-state index contributed by atoms with van der Waals surface area (Å²) < 4.78 is 25.6. The van der Waals surface area contributed by atoms with E-state index in [-0.39, 0.29) is 24.9 Å². The van der Waals surface area contributed by atoms with Crippen LogP contribution in [0.4, 0.5) is 8.78 Å². The zero-order valence-corrected chi connectivity index (χ0v) is 6.96. The molecule has 66 valence electrons. The van der Waals surface area contributed by atoms with Gasteiger partial charge < -0.3 is 5.73 Å². The highest BCUT2D eigenvalue weighted by atomic mass is 35.5. The molecule has 1 nitrogen and oxygen atoms in total. The van der Waals surface area contributed by atoms with Crippen LogP contribution in [0.2, 0.25) is 0 Å². The fourth-order valence-corrected chi connectivity index (χ4v) is 2.39. The lowest BCUT2D eigenvalue weighted by atomic mass is 10.0. The Balaban J connectivity index is 0.000000605. The third kappa shape index (κ3) is 0.785. The summed E-state index contributed by atoms with van der Waals surface area (Å²) >= 11 is 0. The van der Waals surface area contributed by atoms with E-state index in [4.69, 9.17) is 5.73 Å². The van der Waals surface area contributed by atoms with Crippen LogP contribution in [-0.2, 0) is 0 Å². The second-order valence-electron chi connectivity index (χ2n) is 3.43. The number of fused-ring (bicyclic) bond motifs is 1. The van der Waals surface area contributed by atoms with E-state index in [0.29, 0.717) is 12.8 Å². The Morgan fingerprint density at radius 3 is 2.36 bits per heavy atom. The Morgan fingerprint density at radius 2 is 2.09 bits per heavy atom. The van der Waals surface area contributed by atoms with Gasteiger partial charge in [0.25, 0.3) is 5.92 Å². The second kappa shape index (κ2) is 2.30. The van der Waals surface area contributed by atoms with Crippen LogP contribution in [0.25, 0.3) is 0 Å². The Morgan fingerprint density at radius 1 is 1.45 bits per heavy atom. The van der Waals surface area contributed by atoms with Gasteiger partial charge in [0.05, 0.1) is 5.41 Å². The molecule has 0 bridgehead atoms. The van der Waals surface area contributed by atoms with Crippen LogP contribution >= 0.6 is 12.4 Å². The van der Waals surface area contributed by atoms with E-state index < -0.39 is 11.3 Å². The highest BCUT2D eigenvalue weighted by Gasteiger charge is 2.80. The standard InChI is InChI=1S/C7H11F2N.ClH/c8-7(9)5-2-1-3-6(5,7)4-10;/h5H,1-4,10H2;1H. The first-order chi connectivity index (χ1) is 4.65. The van der Waals surface area contributed by atoms with Crippen LogP contribution in [0.3, 0.4) is 0 Å². The highest BCUT2D eigenvalue weighted by molar-refractivity contribution is 5.85. The van der Waals surface area contributed by atoms with Crippen molar-refractivity contribution in [3.8, 4) is 0 Å². The molecule has 4 heteroatoms. The predicted molar refractivity (Wildman–Crippen MR) is 41.0 cm³/mol. The lowest BCUT2D eigenvalue weighted by molar-refractivity contribution is 0.0470. The van der Waals surface area contributed by atoms with Gasteiger partial charge in [-0.15, -0.1) is 12.4 Å². The molecule has 0 heterocycles. The molecule has 0 radical (unpaired) electrons. The zero-order chi connectivity index (χ0) is 7.41. The van der Waals surface area contributed by atoms with Gasteiger partial charge in [-0.25, -0.2) is 8.78 Å². The summed E-state index contributed by atoms with van der Waals surface area (Å²) in [5, 5.41) is 0. The second-order valence-corrected chi connectivity index (χ2v) is 3.43. The Bertz CT molecular complexity index is 174. The molecule has 2 fully saturated rings. The lowest BCUT2D eigenvalue weighted by Crippen LogP contribution is -2.21. The molecule has 2 aliphatic carbocycles. The van der Waals surface area contributed by atoms with Gasteiger partial charge in [0.2, 0.25) is 0 Å². The van der Waals surface area contributed by atoms with Gasteiger partial charge >= 0.3 is 0 Å². The van der Waals surface area contributed by atoms with Crippen molar-refractivity contribution >= 4 is 12.4 Å². The van der Waals surface area contributed by atoms with Crippen LogP contribution in [-0.4, -0.2) is 12.5 Å². The van der Waals surface area contributed by atoms with Crippen molar-refractivity contribution in [3.63, 3.8) is 0 Å². The molecule has 2 saturated carbocycles. The number of rotatable bonds is 1. The van der Waals surface area contributed by atoms with Crippen molar-refractivity contribution in [2.24, 2.45) is 17.1 Å². The maximum atomic E-state index is 12.8. The summed E-state index contributed by atoms with van der Waals surface area (Å²) in [6.07, 6.45) is 2.27. The minimum atomic E-state index is -2.42. The molecule has 2 unspecified atom stereocenters. The molecule has 0 aliphatic heterocycles. The van der Waals surface area contributed by atoms with Crippen LogP contribution in [0, 0.1) is 11.3 Å². The van der Waals surface area contributed by atoms with Crippen molar-refractivity contribution in [1.29, 1.82) is 0 Å². The summed E-state index contributed by atoms with van der Waals surface area (Å²) in [5.74, 6) is -2.79. The van der Waals surface area contributed by atoms with E-state index in [2.05, 4.69) is 0 Å². The predicted octanol–water partition coefficient (Wildman–Crippen LogP) is 1.80. The summed E-state index contributed by atoms with van der Waals surface area (Å²) in [7, 11) is 0. The smallest absolute Gasteiger partial charge is 0.258 e. The molecule has 0 aromatic carbocycles. The first kappa shape index (κ1) is 9.20. The molecule has 0 amide bonds. The minimum absolute atomic E-state index is 0. The first-order valence-electron chi connectivity index (χ1n) is 3.73. The number of halogens is 3. The van der Waals surface area contributed by atoms with Crippen LogP contribution < -0.4 is 5.73 Å². The molecule has 0 aromatic rings. The normalized spacial score (nSPS) is 44.5. The minimum Gasteiger partial charge on any atom is -0.330 e. The fourth-order valence-electron chi connectivity index (χ4n) is 2.39. The zero-order valence-electron chi connectivity index (χ0n) is 6.15. The third-order valence-electron chi connectivity index (χ3n) is 3.17. The molecule has 0 aromatic heterocycles. The van der Waals surface area contributed by atoms with Gasteiger partial charge in [0, 0.05) is 12.5 Å². The molecular formula is C7H12ClF2N. The quantitative estimate of drug-likeness (QED) is 0.659. The van der Waals surface area contributed by atoms with Crippen molar-refractivity contribution in [1.82, 2.24) is 0 Å². The molecule has 2 atom stereocenters. The topological polar surface area (TPSA) is 26.0 Å². The van der Waals surface area contributed by atoms with Crippen molar-refractivity contribution in [2.45, 2.75) is 25.2 Å². The lowest BCUT2D eigenvalue weighted by Gasteiger charge is -2.09. The first-order valence-corrected chi connectivity index (χ1v) is 3.73. The van der Waals surface area contributed by atoms with Gasteiger partial charge in [0.15, 0.2) is 0 Å². The summed E-state index contributed by atoms with van der Waals surface area (Å²) in [5.41, 5.74) is 4.55. The van der Waals surface area contributed by atoms with Crippen molar-refractivity contribution < 1.29 is 8.78 Å². The fraction of sp³-hybridized carbons (Fsp3) is 1.00. The summed E-state index contributed by atoms with van der Waals surface area (Å²) in [4.78, 5) is 0. The highest BCUT2D eigenvalue weighted by Crippen LogP contribution is 2.73. The number of hydrogen-bond donors (Lipinski definition) is 1. The van der Waals surface area contributed by atoms with Crippen molar-refractivity contribution in [3.05, 3.63) is 0 Å². The SMILES string of the molecule is Cl.NCC12CCCC1C2(F)F. The molecule has 2 N–H and O–H groups in total. The van der Waals surface area contributed by atoms with Gasteiger partial charge in [-0.3, -0.25) is 0 Å². The van der Waals surface area contributed by atoms with Gasteiger partial charge in [-0.1, -0.05) is 6.42 Å². The van der Waals surface area contributed by atoms with E-state index in [1.807, 2.05) is 0 Å². The maximum absolute atomic E-state index is 12.8. The monoisotopic (exact) mass is 183 g/mol. The van der Waals surface area contributed by atoms with Crippen LogP contribution in [0.15, 0.2) is 0 Å². The third-order valence-corrected chi connectivity index (χ3v) is 3.17. The molecule has 0 spiro atoms. The Hall–Kier alpha value is 0.110. The number of hydrogen-bond acceptors (Lipinski definition) is 1. The Kier molecular flexibility index (Phi) is 1.92. The molecule has 11 heavy (non-hydrogen) atoms. The van der Waals surface area contributed by atoms with E-state index in [1.165, 1.54) is 0 Å². The van der Waals surface area contributed by atoms with E-state index in [0.717, 1.165) is 6.42 Å². The summed E-state index contributed by atoms with van der Waals surface area (Å²) in [6.45, 7) is 0.171. The average Bonchev–Trinajstić information content (AvgIpc) is 2.34. The molecule has 2 aliphatic rings. The van der Waals surface area contributed by atoms with E-state index >= 15 is 0 Å². The van der Waals surface area contributed by atoms with E-state index in [9.17, 15) is 8.78 Å². The molecular weight excluding hydrogens is 172 g/mol. The van der Waals surface area contributed by atoms with Gasteiger partial charge in [0.1, 0.15) is 0 Å². The number of nitrogens with two attached hydrogens (primary N) is 1. The summed E-state index contributed by atoms with van der Waals surface area (Å²) in [6, 6.07) is 0. The largest absolute Gasteiger partial charge is 0.330 e. The maximum Gasteiger partial charge on any atom is 0.258 e. The van der Waals surface area contributed by atoms with Crippen LogP contribution in [0.5, 0.6) is 0 Å². The van der Waals surface area contributed by atoms with Crippen LogP contribution in [0.1, 0.15) is 19.3 Å². The molecule has 2 rings (SSSR count). The van der Waals surface area contributed by atoms with Gasteiger partial charge in [-0.2, -0.15) is 0 Å². The van der Waals surface area contributed by atoms with Gasteiger partial charge in [-0.05, 0) is 12.8 Å². The Labute approximate surface area is 70.7 Å². The molecule has 0 saturated heterocycles. The number of alkyl halides is 2. The van der Waals surface area contributed by atoms with Crippen molar-refractivity contribution in [2.75, 3.05) is 6.54 Å². The van der Waals surface area contributed by atoms with E-state index in [1.54, 1.807) is 0 Å².